The molecule has 1 fully saturated rings. The van der Waals surface area contributed by atoms with Crippen LogP contribution in [-0.4, -0.2) is 25.9 Å². The van der Waals surface area contributed by atoms with E-state index in [2.05, 4.69) is 42.5 Å². The predicted molar refractivity (Wildman–Crippen MR) is 72.8 cm³/mol. The van der Waals surface area contributed by atoms with E-state index in [1.165, 1.54) is 16.3 Å². The second kappa shape index (κ2) is 5.51. The molecule has 0 aromatic heterocycles. The minimum Gasteiger partial charge on any atom is -0.379 e. The van der Waals surface area contributed by atoms with Crippen LogP contribution in [0.4, 0.5) is 0 Å². The Morgan fingerprint density at radius 3 is 2.83 bits per heavy atom. The summed E-state index contributed by atoms with van der Waals surface area (Å²) in [7, 11) is 0. The van der Waals surface area contributed by atoms with Gasteiger partial charge in [0.1, 0.15) is 6.10 Å². The summed E-state index contributed by atoms with van der Waals surface area (Å²) in [4.78, 5) is 0. The molecule has 1 heterocycles. The van der Waals surface area contributed by atoms with Gasteiger partial charge in [-0.1, -0.05) is 42.5 Å². The molecule has 0 N–H and O–H groups in total. The smallest absolute Gasteiger partial charge is 0.104 e. The van der Waals surface area contributed by atoms with Crippen LogP contribution in [0, 0.1) is 0 Å². The fourth-order valence-electron chi connectivity index (χ4n) is 2.25. The van der Waals surface area contributed by atoms with Crippen molar-refractivity contribution in [3.05, 3.63) is 48.0 Å². The van der Waals surface area contributed by atoms with Gasteiger partial charge in [0.25, 0.3) is 0 Å². The van der Waals surface area contributed by atoms with E-state index in [4.69, 9.17) is 9.47 Å². The Morgan fingerprint density at radius 2 is 1.94 bits per heavy atom. The molecule has 2 aromatic carbocycles. The lowest BCUT2D eigenvalue weighted by atomic mass is 10.0. The summed E-state index contributed by atoms with van der Waals surface area (Å²) in [5.74, 6) is 0. The lowest BCUT2D eigenvalue weighted by molar-refractivity contribution is 0.114. The van der Waals surface area contributed by atoms with E-state index in [-0.39, 0.29) is 0 Å². The Morgan fingerprint density at radius 1 is 1.11 bits per heavy atom. The number of rotatable bonds is 6. The van der Waals surface area contributed by atoms with Crippen molar-refractivity contribution in [2.45, 2.75) is 18.9 Å². The van der Waals surface area contributed by atoms with Gasteiger partial charge in [-0.05, 0) is 29.2 Å². The van der Waals surface area contributed by atoms with E-state index in [1.54, 1.807) is 0 Å². The van der Waals surface area contributed by atoms with Gasteiger partial charge in [-0.2, -0.15) is 0 Å². The molecule has 0 spiro atoms. The molecular weight excluding hydrogens is 224 g/mol. The molecule has 3 rings (SSSR count). The van der Waals surface area contributed by atoms with Crippen LogP contribution >= 0.6 is 0 Å². The van der Waals surface area contributed by atoms with E-state index < -0.39 is 0 Å². The van der Waals surface area contributed by atoms with Crippen LogP contribution in [0.3, 0.4) is 0 Å². The maximum absolute atomic E-state index is 5.57. The third kappa shape index (κ3) is 2.89. The van der Waals surface area contributed by atoms with Crippen molar-refractivity contribution in [1.82, 2.24) is 0 Å². The maximum atomic E-state index is 5.57. The number of aryl methyl sites for hydroxylation is 1. The first-order chi connectivity index (χ1) is 8.93. The Balaban J connectivity index is 1.56. The van der Waals surface area contributed by atoms with Crippen molar-refractivity contribution in [2.24, 2.45) is 0 Å². The van der Waals surface area contributed by atoms with Crippen LogP contribution in [0.5, 0.6) is 0 Å². The first-order valence-electron chi connectivity index (χ1n) is 6.59. The van der Waals surface area contributed by atoms with Crippen molar-refractivity contribution in [1.29, 1.82) is 0 Å². The highest BCUT2D eigenvalue weighted by Gasteiger charge is 2.21. The molecule has 1 saturated heterocycles. The number of hydrogen-bond acceptors (Lipinski definition) is 2. The number of ether oxygens (including phenoxy) is 2. The van der Waals surface area contributed by atoms with Gasteiger partial charge in [-0.3, -0.25) is 0 Å². The average molecular weight is 242 g/mol. The minimum absolute atomic E-state index is 0.377. The van der Waals surface area contributed by atoms with Gasteiger partial charge in [-0.15, -0.1) is 0 Å². The molecule has 1 aliphatic rings. The highest BCUT2D eigenvalue weighted by atomic mass is 16.6. The molecule has 0 radical (unpaired) electrons. The summed E-state index contributed by atoms with van der Waals surface area (Å²) < 4.78 is 10.7. The van der Waals surface area contributed by atoms with Crippen molar-refractivity contribution >= 4 is 10.8 Å². The number of fused-ring (bicyclic) bond motifs is 1. The first kappa shape index (κ1) is 11.7. The van der Waals surface area contributed by atoms with Crippen molar-refractivity contribution in [3.8, 4) is 0 Å². The third-order valence-electron chi connectivity index (χ3n) is 3.32. The van der Waals surface area contributed by atoms with Crippen molar-refractivity contribution in [2.75, 3.05) is 19.8 Å². The Bertz CT molecular complexity index is 512. The molecule has 18 heavy (non-hydrogen) atoms. The highest BCUT2D eigenvalue weighted by Crippen LogP contribution is 2.19. The lowest BCUT2D eigenvalue weighted by Crippen LogP contribution is -2.03. The fraction of sp³-hybridized carbons (Fsp3) is 0.375. The van der Waals surface area contributed by atoms with E-state index in [1.807, 2.05) is 0 Å². The largest absolute Gasteiger partial charge is 0.379 e. The highest BCUT2D eigenvalue weighted by molar-refractivity contribution is 5.85. The quantitative estimate of drug-likeness (QED) is 0.573. The van der Waals surface area contributed by atoms with Crippen LogP contribution in [-0.2, 0) is 15.9 Å². The SMILES string of the molecule is c1ccc2c(CCCOCC3CO3)cccc2c1. The molecule has 2 nitrogen and oxygen atoms in total. The maximum Gasteiger partial charge on any atom is 0.104 e. The minimum atomic E-state index is 0.377. The van der Waals surface area contributed by atoms with Gasteiger partial charge in [0, 0.05) is 6.61 Å². The van der Waals surface area contributed by atoms with Gasteiger partial charge in [0.15, 0.2) is 0 Å². The molecule has 0 saturated carbocycles. The van der Waals surface area contributed by atoms with Crippen molar-refractivity contribution in [3.63, 3.8) is 0 Å². The molecule has 2 heteroatoms. The summed E-state index contributed by atoms with van der Waals surface area (Å²) in [6.07, 6.45) is 2.52. The van der Waals surface area contributed by atoms with Gasteiger partial charge >= 0.3 is 0 Å². The molecule has 0 amide bonds. The standard InChI is InChI=1S/C16H18O2/c1-2-9-16-13(5-1)6-3-7-14(16)8-4-10-17-11-15-12-18-15/h1-3,5-7,9,15H,4,8,10-12H2. The molecule has 2 aromatic rings. The Hall–Kier alpha value is -1.38. The summed E-state index contributed by atoms with van der Waals surface area (Å²) >= 11 is 0. The van der Waals surface area contributed by atoms with E-state index >= 15 is 0 Å². The number of benzene rings is 2. The lowest BCUT2D eigenvalue weighted by Gasteiger charge is -2.06. The van der Waals surface area contributed by atoms with E-state index in [0.717, 1.165) is 32.7 Å². The van der Waals surface area contributed by atoms with Crippen LogP contribution in [0.1, 0.15) is 12.0 Å². The van der Waals surface area contributed by atoms with Gasteiger partial charge < -0.3 is 9.47 Å². The van der Waals surface area contributed by atoms with Gasteiger partial charge in [-0.25, -0.2) is 0 Å². The van der Waals surface area contributed by atoms with Crippen LogP contribution < -0.4 is 0 Å². The van der Waals surface area contributed by atoms with Gasteiger partial charge in [0.05, 0.1) is 13.2 Å². The van der Waals surface area contributed by atoms with Crippen LogP contribution in [0.2, 0.25) is 0 Å². The van der Waals surface area contributed by atoms with Crippen molar-refractivity contribution < 1.29 is 9.47 Å². The van der Waals surface area contributed by atoms with Crippen LogP contribution in [0.25, 0.3) is 10.8 Å². The summed E-state index contributed by atoms with van der Waals surface area (Å²) in [5.41, 5.74) is 1.42. The molecule has 1 aliphatic heterocycles. The third-order valence-corrected chi connectivity index (χ3v) is 3.32. The Labute approximate surface area is 108 Å². The van der Waals surface area contributed by atoms with E-state index in [9.17, 15) is 0 Å². The summed E-state index contributed by atoms with van der Waals surface area (Å²) in [6, 6.07) is 15.1. The topological polar surface area (TPSA) is 21.8 Å². The van der Waals surface area contributed by atoms with Gasteiger partial charge in [0.2, 0.25) is 0 Å². The average Bonchev–Trinajstić information content (AvgIpc) is 3.23. The van der Waals surface area contributed by atoms with E-state index in [0.29, 0.717) is 6.10 Å². The second-order valence-corrected chi connectivity index (χ2v) is 4.77. The number of epoxide rings is 1. The molecule has 94 valence electrons. The normalized spacial score (nSPS) is 18.1. The molecule has 0 bridgehead atoms. The second-order valence-electron chi connectivity index (χ2n) is 4.77. The summed E-state index contributed by atoms with van der Waals surface area (Å²) in [5, 5.41) is 2.69. The zero-order chi connectivity index (χ0) is 12.2. The molecule has 0 aliphatic carbocycles. The predicted octanol–water partition coefficient (Wildman–Crippen LogP) is 3.19. The zero-order valence-electron chi connectivity index (χ0n) is 10.5. The Kier molecular flexibility index (Phi) is 3.58. The first-order valence-corrected chi connectivity index (χ1v) is 6.59. The number of hydrogen-bond donors (Lipinski definition) is 0. The summed E-state index contributed by atoms with van der Waals surface area (Å²) in [6.45, 7) is 2.46. The molecular formula is C16H18O2. The monoisotopic (exact) mass is 242 g/mol. The zero-order valence-corrected chi connectivity index (χ0v) is 10.5. The molecule has 1 unspecified atom stereocenters. The van der Waals surface area contributed by atoms with Crippen LogP contribution in [0.15, 0.2) is 42.5 Å². The molecule has 1 atom stereocenters. The fourth-order valence-corrected chi connectivity index (χ4v) is 2.25.